The van der Waals surface area contributed by atoms with E-state index in [0.717, 1.165) is 49.7 Å². The second kappa shape index (κ2) is 8.61. The van der Waals surface area contributed by atoms with E-state index in [1.165, 1.54) is 0 Å². The maximum absolute atomic E-state index is 6.12. The summed E-state index contributed by atoms with van der Waals surface area (Å²) in [5.41, 5.74) is 2.25. The fourth-order valence-electron chi connectivity index (χ4n) is 3.00. The van der Waals surface area contributed by atoms with Crippen LogP contribution < -0.4 is 9.64 Å². The van der Waals surface area contributed by atoms with Gasteiger partial charge in [-0.15, -0.1) is 0 Å². The zero-order chi connectivity index (χ0) is 17.6. The van der Waals surface area contributed by atoms with Crippen molar-refractivity contribution in [2.24, 2.45) is 0 Å². The fourth-order valence-corrected chi connectivity index (χ4v) is 3.30. The first-order valence-corrected chi connectivity index (χ1v) is 9.15. The third-order valence-electron chi connectivity index (χ3n) is 4.44. The van der Waals surface area contributed by atoms with Crippen LogP contribution in [0.5, 0.6) is 5.75 Å². The van der Waals surface area contributed by atoms with E-state index in [2.05, 4.69) is 28.0 Å². The third kappa shape index (κ3) is 4.69. The molecule has 0 aromatic heterocycles. The Morgan fingerprint density at radius 3 is 2.48 bits per heavy atom. The molecule has 0 bridgehead atoms. The summed E-state index contributed by atoms with van der Waals surface area (Å²) in [6.07, 6.45) is 4.33. The molecule has 1 aliphatic rings. The molecule has 2 aromatic rings. The predicted octanol–water partition coefficient (Wildman–Crippen LogP) is 4.84. The summed E-state index contributed by atoms with van der Waals surface area (Å²) in [7, 11) is 1.70. The van der Waals surface area contributed by atoms with Gasteiger partial charge in [-0.05, 0) is 24.3 Å². The van der Waals surface area contributed by atoms with Crippen LogP contribution >= 0.6 is 23.2 Å². The standard InChI is InChI=1S/C20H22Cl2N2O/c1-25-20-7-3-2-5-16(20)6-4-10-23-11-13-24(14-12-23)17-8-9-18(21)19(22)15-17/h2-9,15H,10-14H2,1H3/b6-4-. The molecule has 0 saturated carbocycles. The number of hydrogen-bond acceptors (Lipinski definition) is 3. The molecule has 132 valence electrons. The highest BCUT2D eigenvalue weighted by Crippen LogP contribution is 2.27. The molecule has 2 aromatic carbocycles. The van der Waals surface area contributed by atoms with Crippen molar-refractivity contribution >= 4 is 35.0 Å². The lowest BCUT2D eigenvalue weighted by molar-refractivity contribution is 0.284. The number of para-hydroxylation sites is 1. The molecule has 0 aliphatic carbocycles. The Bertz CT molecular complexity index is 740. The van der Waals surface area contributed by atoms with Gasteiger partial charge in [0.15, 0.2) is 0 Å². The number of piperazine rings is 1. The van der Waals surface area contributed by atoms with Crippen molar-refractivity contribution in [1.29, 1.82) is 0 Å². The zero-order valence-corrected chi connectivity index (χ0v) is 15.8. The second-order valence-corrected chi connectivity index (χ2v) is 6.84. The highest BCUT2D eigenvalue weighted by atomic mass is 35.5. The molecule has 3 nitrogen and oxygen atoms in total. The van der Waals surface area contributed by atoms with Crippen LogP contribution in [0.15, 0.2) is 48.5 Å². The maximum Gasteiger partial charge on any atom is 0.126 e. The quantitative estimate of drug-likeness (QED) is 0.742. The lowest BCUT2D eigenvalue weighted by atomic mass is 10.2. The molecular formula is C20H22Cl2N2O. The summed E-state index contributed by atoms with van der Waals surface area (Å²) in [4.78, 5) is 4.79. The minimum absolute atomic E-state index is 0.602. The SMILES string of the molecule is COc1ccccc1/C=C\CN1CCN(c2ccc(Cl)c(Cl)c2)CC1. The number of rotatable bonds is 5. The number of nitrogens with zero attached hydrogens (tertiary/aromatic N) is 2. The monoisotopic (exact) mass is 376 g/mol. The van der Waals surface area contributed by atoms with Crippen LogP contribution in [0.25, 0.3) is 6.08 Å². The smallest absolute Gasteiger partial charge is 0.126 e. The van der Waals surface area contributed by atoms with Gasteiger partial charge < -0.3 is 9.64 Å². The first-order valence-electron chi connectivity index (χ1n) is 8.39. The average molecular weight is 377 g/mol. The Kier molecular flexibility index (Phi) is 6.24. The number of methoxy groups -OCH3 is 1. The first-order chi connectivity index (χ1) is 12.2. The van der Waals surface area contributed by atoms with E-state index in [1.807, 2.05) is 36.4 Å². The van der Waals surface area contributed by atoms with E-state index >= 15 is 0 Å². The molecule has 1 fully saturated rings. The van der Waals surface area contributed by atoms with Crippen molar-refractivity contribution in [3.8, 4) is 5.75 Å². The molecule has 0 N–H and O–H groups in total. The molecule has 25 heavy (non-hydrogen) atoms. The molecule has 3 rings (SSSR count). The van der Waals surface area contributed by atoms with Gasteiger partial charge in [0, 0.05) is 44.0 Å². The minimum atomic E-state index is 0.602. The lowest BCUT2D eigenvalue weighted by Gasteiger charge is -2.35. The van der Waals surface area contributed by atoms with Crippen molar-refractivity contribution in [2.45, 2.75) is 0 Å². The maximum atomic E-state index is 6.12. The topological polar surface area (TPSA) is 15.7 Å². The van der Waals surface area contributed by atoms with Crippen LogP contribution in [0.3, 0.4) is 0 Å². The van der Waals surface area contributed by atoms with Crippen LogP contribution in [0.2, 0.25) is 10.0 Å². The number of halogens is 2. The molecule has 1 aliphatic heterocycles. The fraction of sp³-hybridized carbons (Fsp3) is 0.300. The van der Waals surface area contributed by atoms with Crippen molar-refractivity contribution in [3.05, 3.63) is 64.1 Å². The molecule has 5 heteroatoms. The Labute approximate surface area is 159 Å². The predicted molar refractivity (Wildman–Crippen MR) is 107 cm³/mol. The number of ether oxygens (including phenoxy) is 1. The van der Waals surface area contributed by atoms with Crippen LogP contribution in [0.4, 0.5) is 5.69 Å². The normalized spacial score (nSPS) is 15.7. The van der Waals surface area contributed by atoms with Gasteiger partial charge in [-0.2, -0.15) is 0 Å². The van der Waals surface area contributed by atoms with E-state index in [9.17, 15) is 0 Å². The van der Waals surface area contributed by atoms with Gasteiger partial charge in [0.25, 0.3) is 0 Å². The van der Waals surface area contributed by atoms with Crippen molar-refractivity contribution < 1.29 is 4.74 Å². The van der Waals surface area contributed by atoms with Crippen molar-refractivity contribution in [2.75, 3.05) is 44.7 Å². The van der Waals surface area contributed by atoms with E-state index < -0.39 is 0 Å². The van der Waals surface area contributed by atoms with Crippen LogP contribution in [0, 0.1) is 0 Å². The largest absolute Gasteiger partial charge is 0.496 e. The van der Waals surface area contributed by atoms with Gasteiger partial charge >= 0.3 is 0 Å². The molecule has 0 atom stereocenters. The summed E-state index contributed by atoms with van der Waals surface area (Å²) >= 11 is 12.1. The molecular weight excluding hydrogens is 355 g/mol. The molecule has 0 spiro atoms. The van der Waals surface area contributed by atoms with E-state index in [-0.39, 0.29) is 0 Å². The van der Waals surface area contributed by atoms with E-state index in [4.69, 9.17) is 27.9 Å². The third-order valence-corrected chi connectivity index (χ3v) is 5.18. The Balaban J connectivity index is 1.52. The number of hydrogen-bond donors (Lipinski definition) is 0. The van der Waals surface area contributed by atoms with Gasteiger partial charge in [0.05, 0.1) is 17.2 Å². The zero-order valence-electron chi connectivity index (χ0n) is 14.3. The number of anilines is 1. The first kappa shape index (κ1) is 18.1. The van der Waals surface area contributed by atoms with Crippen molar-refractivity contribution in [3.63, 3.8) is 0 Å². The van der Waals surface area contributed by atoms with Crippen LogP contribution in [-0.4, -0.2) is 44.7 Å². The van der Waals surface area contributed by atoms with Gasteiger partial charge in [-0.3, -0.25) is 4.90 Å². The van der Waals surface area contributed by atoms with Gasteiger partial charge in [0.2, 0.25) is 0 Å². The second-order valence-electron chi connectivity index (χ2n) is 6.03. The summed E-state index contributed by atoms with van der Waals surface area (Å²) in [5, 5.41) is 1.21. The minimum Gasteiger partial charge on any atom is -0.496 e. The van der Waals surface area contributed by atoms with Gasteiger partial charge in [-0.1, -0.05) is 53.6 Å². The molecule has 1 saturated heterocycles. The molecule has 0 amide bonds. The highest BCUT2D eigenvalue weighted by molar-refractivity contribution is 6.42. The number of benzene rings is 2. The van der Waals surface area contributed by atoms with Crippen LogP contribution in [0.1, 0.15) is 5.56 Å². The van der Waals surface area contributed by atoms with Crippen molar-refractivity contribution in [1.82, 2.24) is 4.90 Å². The lowest BCUT2D eigenvalue weighted by Crippen LogP contribution is -2.46. The summed E-state index contributed by atoms with van der Waals surface area (Å²) in [5.74, 6) is 0.906. The summed E-state index contributed by atoms with van der Waals surface area (Å²) in [6.45, 7) is 4.96. The average Bonchev–Trinajstić information content (AvgIpc) is 2.65. The summed E-state index contributed by atoms with van der Waals surface area (Å²) < 4.78 is 5.38. The van der Waals surface area contributed by atoms with E-state index in [0.29, 0.717) is 10.0 Å². The Hall–Kier alpha value is -1.68. The molecule has 0 radical (unpaired) electrons. The molecule has 0 unspecified atom stereocenters. The highest BCUT2D eigenvalue weighted by Gasteiger charge is 2.16. The van der Waals surface area contributed by atoms with Crippen LogP contribution in [-0.2, 0) is 0 Å². The Morgan fingerprint density at radius 2 is 1.76 bits per heavy atom. The Morgan fingerprint density at radius 1 is 1.00 bits per heavy atom. The molecule has 1 heterocycles. The summed E-state index contributed by atoms with van der Waals surface area (Å²) in [6, 6.07) is 13.9. The van der Waals surface area contributed by atoms with Gasteiger partial charge in [0.1, 0.15) is 5.75 Å². The van der Waals surface area contributed by atoms with E-state index in [1.54, 1.807) is 7.11 Å². The van der Waals surface area contributed by atoms with Gasteiger partial charge in [-0.25, -0.2) is 0 Å².